The number of fused-ring (bicyclic) bond motifs is 1. The molecule has 1 N–H and O–H groups in total. The number of rotatable bonds is 9. The minimum Gasteiger partial charge on any atom is -0.493 e. The molecular formula is C26H27NO4. The highest BCUT2D eigenvalue weighted by molar-refractivity contribution is 5.68. The standard InChI is InChI=1S/C26H27NO4/c1-3-7-21-14-22-19(10-11-20(22)16-25(28)29)15-24(21)30-13-12-23-17(2)31-26(27-23)18-8-5-4-6-9-18/h3-6,8-9,14-15,20H,1,7,10-13,16H2,2H3,(H,28,29)/t20-/m0/s1. The van der Waals surface area contributed by atoms with Crippen molar-refractivity contribution < 1.29 is 19.1 Å². The van der Waals surface area contributed by atoms with Crippen molar-refractivity contribution in [3.05, 3.63) is 83.3 Å². The zero-order valence-corrected chi connectivity index (χ0v) is 17.8. The smallest absolute Gasteiger partial charge is 0.303 e. The van der Waals surface area contributed by atoms with Crippen molar-refractivity contribution in [1.29, 1.82) is 0 Å². The molecule has 1 atom stereocenters. The predicted octanol–water partition coefficient (Wildman–Crippen LogP) is 5.50. The third-order valence-electron chi connectivity index (χ3n) is 5.82. The zero-order valence-electron chi connectivity index (χ0n) is 17.8. The van der Waals surface area contributed by atoms with Crippen LogP contribution in [0.3, 0.4) is 0 Å². The van der Waals surface area contributed by atoms with E-state index in [1.807, 2.05) is 43.3 Å². The Morgan fingerprint density at radius 3 is 2.87 bits per heavy atom. The largest absolute Gasteiger partial charge is 0.493 e. The fourth-order valence-electron chi connectivity index (χ4n) is 4.26. The molecule has 31 heavy (non-hydrogen) atoms. The molecule has 0 saturated heterocycles. The van der Waals surface area contributed by atoms with Crippen LogP contribution in [-0.2, 0) is 24.1 Å². The molecule has 5 heteroatoms. The molecule has 0 bridgehead atoms. The molecule has 0 amide bonds. The van der Waals surface area contributed by atoms with Crippen molar-refractivity contribution in [3.63, 3.8) is 0 Å². The van der Waals surface area contributed by atoms with E-state index in [4.69, 9.17) is 9.15 Å². The first-order chi connectivity index (χ1) is 15.0. The fraction of sp³-hybridized carbons (Fsp3) is 0.308. The van der Waals surface area contributed by atoms with Crippen LogP contribution in [0, 0.1) is 6.92 Å². The van der Waals surface area contributed by atoms with Gasteiger partial charge >= 0.3 is 5.97 Å². The van der Waals surface area contributed by atoms with E-state index in [1.54, 1.807) is 0 Å². The molecule has 4 rings (SSSR count). The van der Waals surface area contributed by atoms with Gasteiger partial charge in [-0.2, -0.15) is 0 Å². The van der Waals surface area contributed by atoms with Crippen LogP contribution in [0.15, 0.2) is 59.5 Å². The monoisotopic (exact) mass is 417 g/mol. The van der Waals surface area contributed by atoms with Crippen LogP contribution in [0.5, 0.6) is 5.75 Å². The minimum absolute atomic E-state index is 0.0827. The van der Waals surface area contributed by atoms with Gasteiger partial charge in [0.2, 0.25) is 5.89 Å². The normalized spacial score (nSPS) is 14.9. The topological polar surface area (TPSA) is 72.6 Å². The molecule has 160 valence electrons. The fourth-order valence-corrected chi connectivity index (χ4v) is 4.26. The number of ether oxygens (including phenoxy) is 1. The van der Waals surface area contributed by atoms with Gasteiger partial charge in [0.1, 0.15) is 11.5 Å². The maximum Gasteiger partial charge on any atom is 0.303 e. The van der Waals surface area contributed by atoms with Gasteiger partial charge in [0.15, 0.2) is 0 Å². The zero-order chi connectivity index (χ0) is 21.8. The molecule has 0 aliphatic heterocycles. The van der Waals surface area contributed by atoms with E-state index in [0.717, 1.165) is 46.7 Å². The maximum absolute atomic E-state index is 11.2. The van der Waals surface area contributed by atoms with Gasteiger partial charge in [-0.25, -0.2) is 4.98 Å². The summed E-state index contributed by atoms with van der Waals surface area (Å²) in [5, 5.41) is 9.19. The number of allylic oxidation sites excluding steroid dienone is 1. The van der Waals surface area contributed by atoms with Gasteiger partial charge in [-0.3, -0.25) is 4.79 Å². The second kappa shape index (κ2) is 9.21. The van der Waals surface area contributed by atoms with E-state index >= 15 is 0 Å². The number of aromatic nitrogens is 1. The van der Waals surface area contributed by atoms with Gasteiger partial charge in [-0.15, -0.1) is 6.58 Å². The van der Waals surface area contributed by atoms with Crippen LogP contribution in [0.25, 0.3) is 11.5 Å². The minimum atomic E-state index is -0.749. The molecule has 1 aliphatic carbocycles. The summed E-state index contributed by atoms with van der Waals surface area (Å²) in [6, 6.07) is 14.1. The molecule has 0 radical (unpaired) electrons. The number of aryl methyl sites for hydroxylation is 2. The molecule has 1 aromatic heterocycles. The summed E-state index contributed by atoms with van der Waals surface area (Å²) in [4.78, 5) is 15.8. The van der Waals surface area contributed by atoms with Gasteiger partial charge in [0.05, 0.1) is 18.7 Å². The maximum atomic E-state index is 11.2. The van der Waals surface area contributed by atoms with E-state index in [0.29, 0.717) is 25.3 Å². The quantitative estimate of drug-likeness (QED) is 0.465. The van der Waals surface area contributed by atoms with E-state index in [1.165, 1.54) is 5.56 Å². The SMILES string of the molecule is C=CCc1cc2c(cc1OCCc1nc(-c3ccccc3)oc1C)CC[C@H]2CC(=O)O. The van der Waals surface area contributed by atoms with Gasteiger partial charge in [-0.1, -0.05) is 30.3 Å². The van der Waals surface area contributed by atoms with Crippen molar-refractivity contribution in [1.82, 2.24) is 4.98 Å². The molecular weight excluding hydrogens is 390 g/mol. The third kappa shape index (κ3) is 4.71. The molecule has 0 spiro atoms. The molecule has 5 nitrogen and oxygen atoms in total. The van der Waals surface area contributed by atoms with Gasteiger partial charge in [-0.05, 0) is 67.0 Å². The Hall–Kier alpha value is -3.34. The van der Waals surface area contributed by atoms with Crippen LogP contribution >= 0.6 is 0 Å². The van der Waals surface area contributed by atoms with Crippen molar-refractivity contribution in [3.8, 4) is 17.2 Å². The number of carbonyl (C=O) groups is 1. The van der Waals surface area contributed by atoms with Gasteiger partial charge in [0, 0.05) is 12.0 Å². The lowest BCUT2D eigenvalue weighted by Crippen LogP contribution is -2.07. The Morgan fingerprint density at radius 1 is 1.32 bits per heavy atom. The highest BCUT2D eigenvalue weighted by Crippen LogP contribution is 2.39. The summed E-state index contributed by atoms with van der Waals surface area (Å²) in [5.74, 6) is 1.61. The average Bonchev–Trinajstić information content (AvgIpc) is 3.32. The van der Waals surface area contributed by atoms with Crippen LogP contribution in [0.4, 0.5) is 0 Å². The van der Waals surface area contributed by atoms with Crippen LogP contribution < -0.4 is 4.74 Å². The van der Waals surface area contributed by atoms with Crippen molar-refractivity contribution >= 4 is 5.97 Å². The second-order valence-corrected chi connectivity index (χ2v) is 7.97. The van der Waals surface area contributed by atoms with Crippen molar-refractivity contribution in [2.45, 2.75) is 44.9 Å². The molecule has 3 aromatic rings. The van der Waals surface area contributed by atoms with E-state index < -0.39 is 5.97 Å². The van der Waals surface area contributed by atoms with E-state index in [-0.39, 0.29) is 12.3 Å². The number of carboxylic acid groups (broad SMARTS) is 1. The summed E-state index contributed by atoms with van der Waals surface area (Å²) in [6.07, 6.45) is 5.12. The van der Waals surface area contributed by atoms with Crippen LogP contribution in [0.2, 0.25) is 0 Å². The first-order valence-electron chi connectivity index (χ1n) is 10.7. The van der Waals surface area contributed by atoms with Crippen LogP contribution in [-0.4, -0.2) is 22.7 Å². The molecule has 0 fully saturated rings. The molecule has 1 heterocycles. The number of benzene rings is 2. The number of nitrogens with zero attached hydrogens (tertiary/aromatic N) is 1. The second-order valence-electron chi connectivity index (χ2n) is 7.97. The Morgan fingerprint density at radius 2 is 2.13 bits per heavy atom. The van der Waals surface area contributed by atoms with Crippen LogP contribution in [0.1, 0.15) is 46.9 Å². The summed E-state index contributed by atoms with van der Waals surface area (Å²) >= 11 is 0. The van der Waals surface area contributed by atoms with E-state index in [2.05, 4.69) is 23.7 Å². The number of hydrogen-bond acceptors (Lipinski definition) is 4. The van der Waals surface area contributed by atoms with Gasteiger partial charge < -0.3 is 14.3 Å². The molecule has 0 saturated carbocycles. The summed E-state index contributed by atoms with van der Waals surface area (Å²) < 4.78 is 12.0. The highest BCUT2D eigenvalue weighted by Gasteiger charge is 2.26. The molecule has 1 aliphatic rings. The average molecular weight is 418 g/mol. The Kier molecular flexibility index (Phi) is 6.21. The number of aliphatic carboxylic acids is 1. The lowest BCUT2D eigenvalue weighted by Gasteiger charge is -2.15. The summed E-state index contributed by atoms with van der Waals surface area (Å²) in [7, 11) is 0. The number of carboxylic acids is 1. The molecule has 2 aromatic carbocycles. The number of hydrogen-bond donors (Lipinski definition) is 1. The predicted molar refractivity (Wildman–Crippen MR) is 120 cm³/mol. The lowest BCUT2D eigenvalue weighted by atomic mass is 9.95. The summed E-state index contributed by atoms with van der Waals surface area (Å²) in [5.41, 5.74) is 5.24. The first-order valence-corrected chi connectivity index (χ1v) is 10.7. The Labute approximate surface area is 182 Å². The Balaban J connectivity index is 1.47. The lowest BCUT2D eigenvalue weighted by molar-refractivity contribution is -0.137. The number of oxazole rings is 1. The third-order valence-corrected chi connectivity index (χ3v) is 5.82. The Bertz CT molecular complexity index is 1080. The van der Waals surface area contributed by atoms with Crippen molar-refractivity contribution in [2.75, 3.05) is 6.61 Å². The highest BCUT2D eigenvalue weighted by atomic mass is 16.5. The first kappa shape index (κ1) is 20.9. The van der Waals surface area contributed by atoms with Gasteiger partial charge in [0.25, 0.3) is 0 Å². The van der Waals surface area contributed by atoms with Crippen molar-refractivity contribution in [2.24, 2.45) is 0 Å². The van der Waals surface area contributed by atoms with E-state index in [9.17, 15) is 9.90 Å². The summed E-state index contributed by atoms with van der Waals surface area (Å²) in [6.45, 7) is 6.27. The molecule has 0 unspecified atom stereocenters.